The minimum absolute atomic E-state index is 0.334. The Balaban J connectivity index is 1.21. The van der Waals surface area contributed by atoms with E-state index in [4.69, 9.17) is 4.74 Å². The van der Waals surface area contributed by atoms with Gasteiger partial charge in [-0.15, -0.1) is 0 Å². The quantitative estimate of drug-likeness (QED) is 0.749. The summed E-state index contributed by atoms with van der Waals surface area (Å²) >= 11 is 0. The van der Waals surface area contributed by atoms with Gasteiger partial charge in [-0.3, -0.25) is 10.00 Å². The molecule has 2 N–H and O–H groups in total. The molecular formula is C22H31N3O2. The van der Waals surface area contributed by atoms with Crippen LogP contribution in [0.3, 0.4) is 0 Å². The van der Waals surface area contributed by atoms with E-state index >= 15 is 0 Å². The highest BCUT2D eigenvalue weighted by atomic mass is 16.5. The minimum Gasteiger partial charge on any atom is -0.491 e. The first-order valence-corrected chi connectivity index (χ1v) is 10.4. The zero-order valence-corrected chi connectivity index (χ0v) is 16.1. The van der Waals surface area contributed by atoms with Crippen molar-refractivity contribution < 1.29 is 9.84 Å². The topological polar surface area (TPSA) is 61.4 Å². The summed E-state index contributed by atoms with van der Waals surface area (Å²) in [6.45, 7) is 2.76. The number of H-pyrrole nitrogens is 1. The third-order valence-electron chi connectivity index (χ3n) is 6.01. The Morgan fingerprint density at radius 3 is 3.07 bits per heavy atom. The third-order valence-corrected chi connectivity index (χ3v) is 6.01. The fourth-order valence-corrected chi connectivity index (χ4v) is 4.44. The average molecular weight is 370 g/mol. The lowest BCUT2D eigenvalue weighted by Gasteiger charge is -2.28. The van der Waals surface area contributed by atoms with E-state index in [0.717, 1.165) is 37.6 Å². The van der Waals surface area contributed by atoms with Crippen LogP contribution >= 0.6 is 0 Å². The van der Waals surface area contributed by atoms with Crippen LogP contribution in [-0.4, -0.2) is 46.0 Å². The van der Waals surface area contributed by atoms with Gasteiger partial charge in [0.15, 0.2) is 0 Å². The van der Waals surface area contributed by atoms with Crippen molar-refractivity contribution in [2.24, 2.45) is 5.92 Å². The van der Waals surface area contributed by atoms with Crippen LogP contribution in [0.5, 0.6) is 5.75 Å². The Morgan fingerprint density at radius 1 is 1.30 bits per heavy atom. The number of nitrogens with one attached hydrogen (secondary N) is 1. The molecule has 146 valence electrons. The molecule has 0 saturated heterocycles. The zero-order chi connectivity index (χ0) is 18.5. The lowest BCUT2D eigenvalue weighted by Crippen LogP contribution is -2.38. The fraction of sp³-hybridized carbons (Fsp3) is 0.591. The van der Waals surface area contributed by atoms with Gasteiger partial charge < -0.3 is 9.84 Å². The second kappa shape index (κ2) is 8.89. The molecule has 0 bridgehead atoms. The number of nitrogens with zero attached hydrogens (tertiary/aromatic N) is 2. The standard InChI is InChI=1S/C22H31N3O2/c26-20(15-25-11-10-22-19(14-25)13-23-24-22)16-27-21-7-3-6-18(12-21)9-8-17-4-1-2-5-17/h3,6-7,12-13,17,20,26H,1-2,4-5,8-11,14-16H2,(H,23,24). The van der Waals surface area contributed by atoms with E-state index in [0.29, 0.717) is 13.2 Å². The first-order chi connectivity index (χ1) is 13.3. The molecule has 5 nitrogen and oxygen atoms in total. The first-order valence-electron chi connectivity index (χ1n) is 10.4. The molecule has 1 aliphatic carbocycles. The van der Waals surface area contributed by atoms with E-state index in [2.05, 4.69) is 33.3 Å². The molecule has 0 amide bonds. The Hall–Kier alpha value is -1.85. The van der Waals surface area contributed by atoms with Gasteiger partial charge in [0.2, 0.25) is 0 Å². The number of hydrogen-bond donors (Lipinski definition) is 2. The molecule has 4 rings (SSSR count). The number of β-amino-alcohol motifs (C(OH)–C–C–N with tert-alkyl or cyclic N) is 1. The summed E-state index contributed by atoms with van der Waals surface area (Å²) in [7, 11) is 0. The van der Waals surface area contributed by atoms with Crippen molar-refractivity contribution in [3.8, 4) is 5.75 Å². The van der Waals surface area contributed by atoms with Crippen molar-refractivity contribution in [3.63, 3.8) is 0 Å². The molecule has 0 spiro atoms. The van der Waals surface area contributed by atoms with Crippen LogP contribution in [0.4, 0.5) is 0 Å². The average Bonchev–Trinajstić information content (AvgIpc) is 3.36. The molecule has 0 radical (unpaired) electrons. The maximum atomic E-state index is 10.4. The molecule has 1 saturated carbocycles. The van der Waals surface area contributed by atoms with Gasteiger partial charge in [0.05, 0.1) is 6.20 Å². The summed E-state index contributed by atoms with van der Waals surface area (Å²) < 4.78 is 5.88. The van der Waals surface area contributed by atoms with Crippen molar-refractivity contribution >= 4 is 0 Å². The maximum Gasteiger partial charge on any atom is 0.119 e. The number of aliphatic hydroxyl groups is 1. The molecule has 2 aromatic rings. The smallest absolute Gasteiger partial charge is 0.119 e. The van der Waals surface area contributed by atoms with Gasteiger partial charge in [-0.1, -0.05) is 37.8 Å². The van der Waals surface area contributed by atoms with Gasteiger partial charge in [0.1, 0.15) is 18.5 Å². The normalized spacial score (nSPS) is 19.1. The zero-order valence-electron chi connectivity index (χ0n) is 16.1. The number of aliphatic hydroxyl groups excluding tert-OH is 1. The summed E-state index contributed by atoms with van der Waals surface area (Å²) in [5.41, 5.74) is 3.81. The fourth-order valence-electron chi connectivity index (χ4n) is 4.44. The van der Waals surface area contributed by atoms with Gasteiger partial charge >= 0.3 is 0 Å². The van der Waals surface area contributed by atoms with E-state index in [1.165, 1.54) is 48.9 Å². The highest BCUT2D eigenvalue weighted by Crippen LogP contribution is 2.29. The van der Waals surface area contributed by atoms with E-state index < -0.39 is 6.10 Å². The lowest BCUT2D eigenvalue weighted by atomic mass is 9.98. The number of aromatic nitrogens is 2. The molecule has 1 aliphatic heterocycles. The predicted octanol–water partition coefficient (Wildman–Crippen LogP) is 3.33. The van der Waals surface area contributed by atoms with Crippen LogP contribution in [0.15, 0.2) is 30.5 Å². The Labute approximate surface area is 161 Å². The monoisotopic (exact) mass is 369 g/mol. The van der Waals surface area contributed by atoms with Crippen molar-refractivity contribution in [2.75, 3.05) is 19.7 Å². The minimum atomic E-state index is -0.486. The summed E-state index contributed by atoms with van der Waals surface area (Å²) in [6.07, 6.45) is 10.4. The first kappa shape index (κ1) is 18.5. The molecule has 2 aliphatic rings. The SMILES string of the molecule is OC(COc1cccc(CCC2CCCC2)c1)CN1CCc2[nH]ncc2C1. The van der Waals surface area contributed by atoms with Crippen molar-refractivity contribution in [1.82, 2.24) is 15.1 Å². The highest BCUT2D eigenvalue weighted by Gasteiger charge is 2.20. The Morgan fingerprint density at radius 2 is 2.19 bits per heavy atom. The van der Waals surface area contributed by atoms with E-state index in [-0.39, 0.29) is 0 Å². The predicted molar refractivity (Wildman–Crippen MR) is 106 cm³/mol. The molecule has 2 heterocycles. The molecular weight excluding hydrogens is 338 g/mol. The van der Waals surface area contributed by atoms with Crippen LogP contribution < -0.4 is 4.74 Å². The number of fused-ring (bicyclic) bond motifs is 1. The van der Waals surface area contributed by atoms with E-state index in [9.17, 15) is 5.11 Å². The lowest BCUT2D eigenvalue weighted by molar-refractivity contribution is 0.0636. The molecule has 27 heavy (non-hydrogen) atoms. The molecule has 1 unspecified atom stereocenters. The second-order valence-corrected chi connectivity index (χ2v) is 8.16. The molecule has 1 fully saturated rings. The van der Waals surface area contributed by atoms with Gasteiger partial charge in [-0.05, 0) is 36.5 Å². The van der Waals surface area contributed by atoms with Crippen LogP contribution in [0.1, 0.15) is 48.9 Å². The summed E-state index contributed by atoms with van der Waals surface area (Å²) in [5.74, 6) is 1.78. The Bertz CT molecular complexity index is 724. The van der Waals surface area contributed by atoms with Gasteiger partial charge in [0.25, 0.3) is 0 Å². The third kappa shape index (κ3) is 5.11. The molecule has 1 atom stereocenters. The van der Waals surface area contributed by atoms with Crippen molar-refractivity contribution in [2.45, 2.75) is 57.6 Å². The number of hydrogen-bond acceptors (Lipinski definition) is 4. The summed E-state index contributed by atoms with van der Waals surface area (Å²) in [4.78, 5) is 2.27. The van der Waals surface area contributed by atoms with Crippen LogP contribution in [0, 0.1) is 5.92 Å². The van der Waals surface area contributed by atoms with Gasteiger partial charge in [0, 0.05) is 37.3 Å². The van der Waals surface area contributed by atoms with Crippen LogP contribution in [0.2, 0.25) is 0 Å². The van der Waals surface area contributed by atoms with E-state index in [1.54, 1.807) is 0 Å². The number of rotatable bonds is 8. The molecule has 1 aromatic heterocycles. The van der Waals surface area contributed by atoms with Gasteiger partial charge in [-0.2, -0.15) is 5.10 Å². The summed E-state index contributed by atoms with van der Waals surface area (Å²) in [6, 6.07) is 8.38. The Kier molecular flexibility index (Phi) is 6.10. The van der Waals surface area contributed by atoms with Crippen molar-refractivity contribution in [3.05, 3.63) is 47.3 Å². The van der Waals surface area contributed by atoms with Crippen LogP contribution in [-0.2, 0) is 19.4 Å². The number of ether oxygens (including phenoxy) is 1. The number of aromatic amines is 1. The summed E-state index contributed by atoms with van der Waals surface area (Å²) in [5, 5.41) is 17.5. The number of benzene rings is 1. The second-order valence-electron chi connectivity index (χ2n) is 8.16. The largest absolute Gasteiger partial charge is 0.491 e. The van der Waals surface area contributed by atoms with E-state index in [1.807, 2.05) is 12.3 Å². The number of aryl methyl sites for hydroxylation is 1. The maximum absolute atomic E-state index is 10.4. The molecule has 5 heteroatoms. The van der Waals surface area contributed by atoms with Crippen molar-refractivity contribution in [1.29, 1.82) is 0 Å². The highest BCUT2D eigenvalue weighted by molar-refractivity contribution is 5.28. The van der Waals surface area contributed by atoms with Gasteiger partial charge in [-0.25, -0.2) is 0 Å². The van der Waals surface area contributed by atoms with Crippen LogP contribution in [0.25, 0.3) is 0 Å². The molecule has 1 aromatic carbocycles.